The summed E-state index contributed by atoms with van der Waals surface area (Å²) in [6, 6.07) is 4.87. The van der Waals surface area contributed by atoms with Crippen molar-refractivity contribution in [3.8, 4) is 0 Å². The number of nitrogen functional groups attached to an aromatic ring is 1. The molecule has 1 saturated carbocycles. The predicted molar refractivity (Wildman–Crippen MR) is 72.8 cm³/mol. The van der Waals surface area contributed by atoms with Crippen LogP contribution < -0.4 is 11.1 Å². The lowest BCUT2D eigenvalue weighted by Gasteiger charge is -2.14. The van der Waals surface area contributed by atoms with Crippen molar-refractivity contribution in [1.82, 2.24) is 0 Å². The second kappa shape index (κ2) is 5.29. The van der Waals surface area contributed by atoms with Gasteiger partial charge >= 0.3 is 5.97 Å². The SMILES string of the molecule is CC1CCC(CNc2cc(N)ccc2C(=O)O)C1. The lowest BCUT2D eigenvalue weighted by molar-refractivity contribution is 0.0698. The first kappa shape index (κ1) is 12.7. The Kier molecular flexibility index (Phi) is 3.75. The standard InChI is InChI=1S/C14H20N2O2/c1-9-2-3-10(6-9)8-16-13-7-11(15)4-5-12(13)14(17)18/h4-5,7,9-10,16H,2-3,6,8,15H2,1H3,(H,17,18). The normalized spacial score (nSPS) is 22.9. The van der Waals surface area contributed by atoms with E-state index in [1.165, 1.54) is 19.3 Å². The molecule has 0 radical (unpaired) electrons. The summed E-state index contributed by atoms with van der Waals surface area (Å²) in [6.07, 6.45) is 3.71. The van der Waals surface area contributed by atoms with Crippen LogP contribution in [0.1, 0.15) is 36.5 Å². The van der Waals surface area contributed by atoms with E-state index in [-0.39, 0.29) is 5.56 Å². The van der Waals surface area contributed by atoms with Crippen molar-refractivity contribution in [3.05, 3.63) is 23.8 Å². The van der Waals surface area contributed by atoms with E-state index in [1.807, 2.05) is 0 Å². The molecule has 4 heteroatoms. The van der Waals surface area contributed by atoms with E-state index in [4.69, 9.17) is 10.8 Å². The molecule has 2 unspecified atom stereocenters. The van der Waals surface area contributed by atoms with Crippen LogP contribution in [0.25, 0.3) is 0 Å². The van der Waals surface area contributed by atoms with Crippen LogP contribution in [0.5, 0.6) is 0 Å². The number of hydrogen-bond donors (Lipinski definition) is 3. The maximum absolute atomic E-state index is 11.1. The fourth-order valence-corrected chi connectivity index (χ4v) is 2.66. The lowest BCUT2D eigenvalue weighted by atomic mass is 10.1. The second-order valence-electron chi connectivity index (χ2n) is 5.28. The molecule has 1 aliphatic rings. The highest BCUT2D eigenvalue weighted by atomic mass is 16.4. The molecule has 1 aromatic carbocycles. The molecule has 1 aromatic rings. The summed E-state index contributed by atoms with van der Waals surface area (Å²) >= 11 is 0. The van der Waals surface area contributed by atoms with Crippen LogP contribution in [0, 0.1) is 11.8 Å². The Morgan fingerprint density at radius 1 is 1.50 bits per heavy atom. The second-order valence-corrected chi connectivity index (χ2v) is 5.28. The number of nitrogens with two attached hydrogens (primary N) is 1. The van der Waals surface area contributed by atoms with Crippen LogP contribution in [0.2, 0.25) is 0 Å². The van der Waals surface area contributed by atoms with Crippen molar-refractivity contribution in [2.24, 2.45) is 11.8 Å². The van der Waals surface area contributed by atoms with E-state index < -0.39 is 5.97 Å². The predicted octanol–water partition coefficient (Wildman–Crippen LogP) is 2.82. The smallest absolute Gasteiger partial charge is 0.337 e. The molecule has 2 rings (SSSR count). The highest BCUT2D eigenvalue weighted by Crippen LogP contribution is 2.31. The average Bonchev–Trinajstić information content (AvgIpc) is 2.72. The van der Waals surface area contributed by atoms with Gasteiger partial charge in [0, 0.05) is 12.2 Å². The van der Waals surface area contributed by atoms with E-state index in [2.05, 4.69) is 12.2 Å². The van der Waals surface area contributed by atoms with Gasteiger partial charge in [0.05, 0.1) is 11.3 Å². The van der Waals surface area contributed by atoms with E-state index in [0.717, 1.165) is 12.5 Å². The molecular formula is C14H20N2O2. The summed E-state index contributed by atoms with van der Waals surface area (Å²) in [4.78, 5) is 11.1. The molecule has 0 heterocycles. The minimum absolute atomic E-state index is 0.287. The number of carboxylic acids is 1. The molecule has 0 aromatic heterocycles. The first-order valence-corrected chi connectivity index (χ1v) is 6.43. The lowest BCUT2D eigenvalue weighted by Crippen LogP contribution is -2.14. The van der Waals surface area contributed by atoms with Gasteiger partial charge in [-0.25, -0.2) is 4.79 Å². The van der Waals surface area contributed by atoms with Crippen molar-refractivity contribution >= 4 is 17.3 Å². The molecular weight excluding hydrogens is 228 g/mol. The summed E-state index contributed by atoms with van der Waals surface area (Å²) in [5.41, 5.74) is 7.20. The maximum Gasteiger partial charge on any atom is 0.337 e. The number of carbonyl (C=O) groups is 1. The zero-order chi connectivity index (χ0) is 13.1. The Bertz CT molecular complexity index is 445. The molecule has 0 bridgehead atoms. The van der Waals surface area contributed by atoms with Gasteiger partial charge in [0.25, 0.3) is 0 Å². The summed E-state index contributed by atoms with van der Waals surface area (Å²) in [6.45, 7) is 3.09. The number of anilines is 2. The Balaban J connectivity index is 2.04. The van der Waals surface area contributed by atoms with Crippen molar-refractivity contribution in [2.75, 3.05) is 17.6 Å². The summed E-state index contributed by atoms with van der Waals surface area (Å²) in [7, 11) is 0. The molecule has 98 valence electrons. The molecule has 4 nitrogen and oxygen atoms in total. The monoisotopic (exact) mass is 248 g/mol. The molecule has 4 N–H and O–H groups in total. The molecule has 0 amide bonds. The van der Waals surface area contributed by atoms with Crippen LogP contribution in [0.15, 0.2) is 18.2 Å². The van der Waals surface area contributed by atoms with Crippen LogP contribution in [0.3, 0.4) is 0 Å². The summed E-state index contributed by atoms with van der Waals surface area (Å²) < 4.78 is 0. The highest BCUT2D eigenvalue weighted by molar-refractivity contribution is 5.95. The van der Waals surface area contributed by atoms with Crippen molar-refractivity contribution in [2.45, 2.75) is 26.2 Å². The van der Waals surface area contributed by atoms with Crippen LogP contribution in [-0.4, -0.2) is 17.6 Å². The van der Waals surface area contributed by atoms with Gasteiger partial charge in [-0.05, 0) is 42.9 Å². The third-order valence-corrected chi connectivity index (χ3v) is 3.66. The number of carboxylic acid groups (broad SMARTS) is 1. The largest absolute Gasteiger partial charge is 0.478 e. The van der Waals surface area contributed by atoms with Gasteiger partial charge in [-0.2, -0.15) is 0 Å². The number of rotatable bonds is 4. The van der Waals surface area contributed by atoms with Gasteiger partial charge in [-0.3, -0.25) is 0 Å². The van der Waals surface area contributed by atoms with Crippen molar-refractivity contribution in [1.29, 1.82) is 0 Å². The Labute approximate surface area is 107 Å². The molecule has 2 atom stereocenters. The average molecular weight is 248 g/mol. The minimum Gasteiger partial charge on any atom is -0.478 e. The summed E-state index contributed by atoms with van der Waals surface area (Å²) in [5, 5.41) is 12.3. The zero-order valence-electron chi connectivity index (χ0n) is 10.6. The summed E-state index contributed by atoms with van der Waals surface area (Å²) in [5.74, 6) is 0.511. The zero-order valence-corrected chi connectivity index (χ0v) is 10.6. The maximum atomic E-state index is 11.1. The molecule has 18 heavy (non-hydrogen) atoms. The number of hydrogen-bond acceptors (Lipinski definition) is 3. The van der Waals surface area contributed by atoms with Gasteiger partial charge in [0.2, 0.25) is 0 Å². The van der Waals surface area contributed by atoms with Crippen molar-refractivity contribution < 1.29 is 9.90 Å². The Morgan fingerprint density at radius 2 is 2.28 bits per heavy atom. The van der Waals surface area contributed by atoms with Crippen molar-refractivity contribution in [3.63, 3.8) is 0 Å². The first-order valence-electron chi connectivity index (χ1n) is 6.43. The minimum atomic E-state index is -0.919. The van der Waals surface area contributed by atoms with Gasteiger partial charge in [-0.1, -0.05) is 13.3 Å². The first-order chi connectivity index (χ1) is 8.56. The molecule has 1 aliphatic carbocycles. The third kappa shape index (κ3) is 2.94. The van der Waals surface area contributed by atoms with E-state index in [1.54, 1.807) is 18.2 Å². The Hall–Kier alpha value is -1.71. The van der Waals surface area contributed by atoms with Crippen LogP contribution in [0.4, 0.5) is 11.4 Å². The number of benzene rings is 1. The molecule has 1 fully saturated rings. The van der Waals surface area contributed by atoms with Crippen LogP contribution in [-0.2, 0) is 0 Å². The quantitative estimate of drug-likeness (QED) is 0.716. The van der Waals surface area contributed by atoms with E-state index in [0.29, 0.717) is 17.3 Å². The topological polar surface area (TPSA) is 75.3 Å². The van der Waals surface area contributed by atoms with E-state index in [9.17, 15) is 4.79 Å². The third-order valence-electron chi connectivity index (χ3n) is 3.66. The number of aromatic carboxylic acids is 1. The highest BCUT2D eigenvalue weighted by Gasteiger charge is 2.21. The van der Waals surface area contributed by atoms with E-state index >= 15 is 0 Å². The Morgan fingerprint density at radius 3 is 2.89 bits per heavy atom. The van der Waals surface area contributed by atoms with Gasteiger partial charge in [-0.15, -0.1) is 0 Å². The molecule has 0 saturated heterocycles. The van der Waals surface area contributed by atoms with Gasteiger partial charge in [0.1, 0.15) is 0 Å². The number of nitrogens with one attached hydrogen (secondary N) is 1. The molecule has 0 spiro atoms. The fourth-order valence-electron chi connectivity index (χ4n) is 2.66. The van der Waals surface area contributed by atoms with Gasteiger partial charge < -0.3 is 16.2 Å². The van der Waals surface area contributed by atoms with Gasteiger partial charge in [0.15, 0.2) is 0 Å². The fraction of sp³-hybridized carbons (Fsp3) is 0.500. The molecule has 0 aliphatic heterocycles. The van der Waals surface area contributed by atoms with Crippen LogP contribution >= 0.6 is 0 Å².